The van der Waals surface area contributed by atoms with Gasteiger partial charge in [0.1, 0.15) is 11.4 Å². The van der Waals surface area contributed by atoms with Crippen molar-refractivity contribution in [2.45, 2.75) is 37.2 Å². The summed E-state index contributed by atoms with van der Waals surface area (Å²) in [5.74, 6) is -0.116. The minimum atomic E-state index is -3.72. The van der Waals surface area contributed by atoms with E-state index in [-0.39, 0.29) is 11.4 Å². The predicted molar refractivity (Wildman–Crippen MR) is 96.5 cm³/mol. The van der Waals surface area contributed by atoms with Crippen LogP contribution in [0, 0.1) is 5.82 Å². The van der Waals surface area contributed by atoms with E-state index in [1.807, 2.05) is 13.8 Å². The first-order valence-electron chi connectivity index (χ1n) is 8.09. The number of halogens is 1. The first-order valence-corrected chi connectivity index (χ1v) is 9.58. The van der Waals surface area contributed by atoms with Crippen molar-refractivity contribution < 1.29 is 17.5 Å². The third-order valence-corrected chi connectivity index (χ3v) is 5.77. The highest BCUT2D eigenvalue weighted by Gasteiger charge is 2.31. The second-order valence-electron chi connectivity index (χ2n) is 6.46. The maximum Gasteiger partial charge on any atom is 0.240 e. The van der Waals surface area contributed by atoms with Crippen molar-refractivity contribution >= 4 is 10.0 Å². The zero-order valence-corrected chi connectivity index (χ0v) is 15.7. The summed E-state index contributed by atoms with van der Waals surface area (Å²) >= 11 is 0. The summed E-state index contributed by atoms with van der Waals surface area (Å²) in [6.45, 7) is 5.65. The molecular formula is C19H24FNO3S. The Balaban J connectivity index is 2.21. The normalized spacial score (nSPS) is 14.5. The Labute approximate surface area is 149 Å². The monoisotopic (exact) mass is 365 g/mol. The molecule has 2 rings (SSSR count). The van der Waals surface area contributed by atoms with Crippen molar-refractivity contribution in [2.75, 3.05) is 13.7 Å². The molecule has 25 heavy (non-hydrogen) atoms. The summed E-state index contributed by atoms with van der Waals surface area (Å²) in [6.07, 6.45) is 0. The number of benzene rings is 2. The minimum absolute atomic E-state index is 0.0846. The number of methoxy groups -OCH3 is 1. The molecular weight excluding hydrogens is 341 g/mol. The lowest BCUT2D eigenvalue weighted by molar-refractivity contribution is 0.00410. The van der Waals surface area contributed by atoms with Crippen LogP contribution in [0.25, 0.3) is 0 Å². The molecule has 0 bridgehead atoms. The van der Waals surface area contributed by atoms with Crippen LogP contribution in [0.5, 0.6) is 0 Å². The Kier molecular flexibility index (Phi) is 5.98. The number of hydrogen-bond donors (Lipinski definition) is 1. The van der Waals surface area contributed by atoms with Gasteiger partial charge in [0.2, 0.25) is 10.0 Å². The third kappa shape index (κ3) is 4.45. The highest BCUT2D eigenvalue weighted by atomic mass is 32.2. The van der Waals surface area contributed by atoms with Gasteiger partial charge in [-0.15, -0.1) is 0 Å². The molecule has 1 unspecified atom stereocenters. The van der Waals surface area contributed by atoms with Crippen LogP contribution >= 0.6 is 0 Å². The number of ether oxygens (including phenoxy) is 1. The molecule has 4 nitrogen and oxygen atoms in total. The fourth-order valence-electron chi connectivity index (χ4n) is 2.52. The Bertz CT molecular complexity index is 819. The van der Waals surface area contributed by atoms with Gasteiger partial charge in [0.15, 0.2) is 0 Å². The average molecular weight is 365 g/mol. The summed E-state index contributed by atoms with van der Waals surface area (Å²) < 4.78 is 47.1. The molecule has 0 aromatic heterocycles. The van der Waals surface area contributed by atoms with E-state index >= 15 is 0 Å². The first-order chi connectivity index (χ1) is 11.7. The third-order valence-electron chi connectivity index (χ3n) is 4.35. The molecule has 1 N–H and O–H groups in total. The van der Waals surface area contributed by atoms with Gasteiger partial charge < -0.3 is 4.74 Å². The lowest BCUT2D eigenvalue weighted by Gasteiger charge is -2.29. The Hall–Kier alpha value is -1.76. The summed E-state index contributed by atoms with van der Waals surface area (Å²) in [5.41, 5.74) is 0.249. The van der Waals surface area contributed by atoms with E-state index in [9.17, 15) is 12.8 Å². The van der Waals surface area contributed by atoms with Crippen molar-refractivity contribution in [3.63, 3.8) is 0 Å². The van der Waals surface area contributed by atoms with Crippen molar-refractivity contribution in [3.8, 4) is 0 Å². The van der Waals surface area contributed by atoms with Crippen molar-refractivity contribution in [2.24, 2.45) is 0 Å². The van der Waals surface area contributed by atoms with Crippen LogP contribution in [0.4, 0.5) is 4.39 Å². The minimum Gasteiger partial charge on any atom is -0.372 e. The van der Waals surface area contributed by atoms with Gasteiger partial charge in [0, 0.05) is 19.2 Å². The molecule has 2 aromatic carbocycles. The van der Waals surface area contributed by atoms with Crippen LogP contribution < -0.4 is 4.72 Å². The molecule has 2 aromatic rings. The zero-order valence-electron chi connectivity index (χ0n) is 14.9. The smallest absolute Gasteiger partial charge is 0.240 e. The maximum absolute atomic E-state index is 14.1. The topological polar surface area (TPSA) is 55.4 Å². The molecule has 0 fully saturated rings. The summed E-state index contributed by atoms with van der Waals surface area (Å²) in [4.78, 5) is 0.170. The van der Waals surface area contributed by atoms with Crippen molar-refractivity contribution in [1.29, 1.82) is 0 Å². The highest BCUT2D eigenvalue weighted by Crippen LogP contribution is 2.27. The fraction of sp³-hybridized carbons (Fsp3) is 0.368. The van der Waals surface area contributed by atoms with Gasteiger partial charge in [-0.1, -0.05) is 44.2 Å². The van der Waals surface area contributed by atoms with Crippen LogP contribution in [-0.4, -0.2) is 22.1 Å². The molecule has 136 valence electrons. The van der Waals surface area contributed by atoms with Crippen LogP contribution in [0.1, 0.15) is 37.8 Å². The fourth-order valence-corrected chi connectivity index (χ4v) is 3.64. The summed E-state index contributed by atoms with van der Waals surface area (Å²) in [5, 5.41) is 0. The first kappa shape index (κ1) is 19.6. The quantitative estimate of drug-likeness (QED) is 0.812. The van der Waals surface area contributed by atoms with Crippen LogP contribution in [0.2, 0.25) is 0 Å². The molecule has 0 aliphatic carbocycles. The van der Waals surface area contributed by atoms with E-state index in [0.717, 1.165) is 5.56 Å². The van der Waals surface area contributed by atoms with Crippen molar-refractivity contribution in [3.05, 3.63) is 65.5 Å². The van der Waals surface area contributed by atoms with Gasteiger partial charge in [-0.3, -0.25) is 0 Å². The van der Waals surface area contributed by atoms with E-state index in [1.54, 1.807) is 49.4 Å². The number of nitrogens with one attached hydrogen (secondary N) is 1. The lowest BCUT2D eigenvalue weighted by atomic mass is 9.95. The van der Waals surface area contributed by atoms with E-state index < -0.39 is 21.4 Å². The Morgan fingerprint density at radius 1 is 1.12 bits per heavy atom. The zero-order chi connectivity index (χ0) is 18.7. The standard InChI is InChI=1S/C19H24FNO3S/c1-14(2)15-9-11-16(12-10-15)25(22,23)21-13-19(3,24-4)17-7-5-6-8-18(17)20/h5-12,14,21H,13H2,1-4H3. The largest absolute Gasteiger partial charge is 0.372 e. The molecule has 0 amide bonds. The van der Waals surface area contributed by atoms with E-state index in [2.05, 4.69) is 4.72 Å². The summed E-state index contributed by atoms with van der Waals surface area (Å²) in [6, 6.07) is 12.9. The van der Waals surface area contributed by atoms with Crippen LogP contribution in [0.15, 0.2) is 53.4 Å². The molecule has 0 heterocycles. The second kappa shape index (κ2) is 7.64. The molecule has 6 heteroatoms. The van der Waals surface area contributed by atoms with Gasteiger partial charge >= 0.3 is 0 Å². The highest BCUT2D eigenvalue weighted by molar-refractivity contribution is 7.89. The predicted octanol–water partition coefficient (Wildman–Crippen LogP) is 3.79. The number of sulfonamides is 1. The van der Waals surface area contributed by atoms with E-state index in [4.69, 9.17) is 4.74 Å². The maximum atomic E-state index is 14.1. The molecule has 0 aliphatic rings. The molecule has 0 saturated heterocycles. The SMILES string of the molecule is COC(C)(CNS(=O)(=O)c1ccc(C(C)C)cc1)c1ccccc1F. The Morgan fingerprint density at radius 2 is 1.72 bits per heavy atom. The van der Waals surface area contributed by atoms with Gasteiger partial charge in [-0.05, 0) is 36.6 Å². The van der Waals surface area contributed by atoms with Crippen LogP contribution in [-0.2, 0) is 20.4 Å². The molecule has 0 radical (unpaired) electrons. The van der Waals surface area contributed by atoms with Gasteiger partial charge in [-0.2, -0.15) is 0 Å². The molecule has 0 aliphatic heterocycles. The van der Waals surface area contributed by atoms with E-state index in [0.29, 0.717) is 11.5 Å². The molecule has 0 spiro atoms. The summed E-state index contributed by atoms with van der Waals surface area (Å²) in [7, 11) is -2.29. The van der Waals surface area contributed by atoms with Gasteiger partial charge in [0.05, 0.1) is 4.90 Å². The number of hydrogen-bond acceptors (Lipinski definition) is 3. The van der Waals surface area contributed by atoms with Gasteiger partial charge in [0.25, 0.3) is 0 Å². The second-order valence-corrected chi connectivity index (χ2v) is 8.23. The van der Waals surface area contributed by atoms with Gasteiger partial charge in [-0.25, -0.2) is 17.5 Å². The molecule has 0 saturated carbocycles. The number of rotatable bonds is 7. The average Bonchev–Trinajstić information content (AvgIpc) is 2.60. The molecule has 1 atom stereocenters. The van der Waals surface area contributed by atoms with E-state index in [1.165, 1.54) is 13.2 Å². The Morgan fingerprint density at radius 3 is 2.24 bits per heavy atom. The van der Waals surface area contributed by atoms with Crippen LogP contribution in [0.3, 0.4) is 0 Å². The van der Waals surface area contributed by atoms with Crippen molar-refractivity contribution in [1.82, 2.24) is 4.72 Å². The lowest BCUT2D eigenvalue weighted by Crippen LogP contribution is -2.40.